The molecule has 130 valence electrons. The van der Waals surface area contributed by atoms with Gasteiger partial charge in [0.05, 0.1) is 12.2 Å². The molecule has 4 aliphatic carbocycles. The predicted octanol–water partition coefficient (Wildman–Crippen LogP) is 4.31. The molecule has 0 aromatic carbocycles. The summed E-state index contributed by atoms with van der Waals surface area (Å²) in [4.78, 5) is 0. The Bertz CT molecular complexity index is 512. The van der Waals surface area contributed by atoms with Crippen LogP contribution in [0.3, 0.4) is 0 Å². The smallest absolute Gasteiger partial charge is 0.0636 e. The van der Waals surface area contributed by atoms with Gasteiger partial charge in [-0.25, -0.2) is 0 Å². The third-order valence-electron chi connectivity index (χ3n) is 8.94. The maximum atomic E-state index is 11.1. The van der Waals surface area contributed by atoms with Gasteiger partial charge in [-0.05, 0) is 87.4 Å². The second-order valence-electron chi connectivity index (χ2n) is 9.47. The lowest BCUT2D eigenvalue weighted by molar-refractivity contribution is -0.153. The average Bonchev–Trinajstić information content (AvgIpc) is 2.87. The number of rotatable bonds is 0. The minimum Gasteiger partial charge on any atom is -0.393 e. The quantitative estimate of drug-likeness (QED) is 0.654. The zero-order chi connectivity index (χ0) is 16.4. The molecule has 4 rings (SSSR count). The molecule has 2 nitrogen and oxygen atoms in total. The van der Waals surface area contributed by atoms with E-state index in [-0.39, 0.29) is 17.6 Å². The molecule has 3 unspecified atom stereocenters. The summed E-state index contributed by atoms with van der Waals surface area (Å²) in [5.41, 5.74) is 1.90. The Balaban J connectivity index is 1.68. The number of aliphatic hydroxyl groups excluding tert-OH is 2. The monoisotopic (exact) mass is 318 g/mol. The van der Waals surface area contributed by atoms with Crippen molar-refractivity contribution in [2.75, 3.05) is 0 Å². The molecule has 0 aromatic heterocycles. The average molecular weight is 319 g/mol. The molecule has 2 heteroatoms. The van der Waals surface area contributed by atoms with Gasteiger partial charge in [-0.1, -0.05) is 25.5 Å². The molecule has 4 aliphatic rings. The standard InChI is InChI=1S/C21H34O2/c1-4-13-6-8-17-16-7-5-14-11-15(22)9-10-20(14,2)18(16)12-19(23)21(13,17)3/h4,14-19,22-23H,5-12H2,1-3H3/b13-4-/t14-,15-,16?,17?,18?,19+,20+,21-/m1/s1. The molecule has 4 fully saturated rings. The highest BCUT2D eigenvalue weighted by molar-refractivity contribution is 5.26. The van der Waals surface area contributed by atoms with Gasteiger partial charge >= 0.3 is 0 Å². The first-order valence-corrected chi connectivity index (χ1v) is 9.93. The molecule has 8 atom stereocenters. The lowest BCUT2D eigenvalue weighted by Gasteiger charge is -2.61. The van der Waals surface area contributed by atoms with E-state index in [4.69, 9.17) is 0 Å². The largest absolute Gasteiger partial charge is 0.393 e. The van der Waals surface area contributed by atoms with Crippen LogP contribution in [0, 0.1) is 34.5 Å². The van der Waals surface area contributed by atoms with Crippen LogP contribution < -0.4 is 0 Å². The molecule has 0 amide bonds. The third-order valence-corrected chi connectivity index (χ3v) is 8.94. The van der Waals surface area contributed by atoms with Crippen molar-refractivity contribution < 1.29 is 10.2 Å². The van der Waals surface area contributed by atoms with Crippen molar-refractivity contribution in [3.05, 3.63) is 11.6 Å². The molecular formula is C21H34O2. The highest BCUT2D eigenvalue weighted by Crippen LogP contribution is 2.67. The summed E-state index contributed by atoms with van der Waals surface area (Å²) >= 11 is 0. The molecule has 2 N–H and O–H groups in total. The first kappa shape index (κ1) is 16.1. The summed E-state index contributed by atoms with van der Waals surface area (Å²) in [6, 6.07) is 0. The second-order valence-corrected chi connectivity index (χ2v) is 9.47. The Morgan fingerprint density at radius 1 is 1.00 bits per heavy atom. The van der Waals surface area contributed by atoms with Crippen molar-refractivity contribution in [3.63, 3.8) is 0 Å². The van der Waals surface area contributed by atoms with Crippen LogP contribution in [0.25, 0.3) is 0 Å². The second kappa shape index (κ2) is 5.33. The Morgan fingerprint density at radius 2 is 1.78 bits per heavy atom. The van der Waals surface area contributed by atoms with E-state index in [1.807, 2.05) is 0 Å². The Labute approximate surface area is 141 Å². The normalized spacial score (nSPS) is 57.7. The summed E-state index contributed by atoms with van der Waals surface area (Å²) in [7, 11) is 0. The zero-order valence-corrected chi connectivity index (χ0v) is 15.1. The Morgan fingerprint density at radius 3 is 2.52 bits per heavy atom. The minimum atomic E-state index is -0.176. The van der Waals surface area contributed by atoms with Crippen LogP contribution in [-0.2, 0) is 0 Å². The fourth-order valence-corrected chi connectivity index (χ4v) is 7.52. The number of allylic oxidation sites excluding steroid dienone is 1. The molecule has 0 saturated heterocycles. The van der Waals surface area contributed by atoms with Crippen LogP contribution >= 0.6 is 0 Å². The first-order valence-electron chi connectivity index (χ1n) is 9.93. The SMILES string of the molecule is C/C=C1/CCC2C3CC[C@@H]4C[C@H](O)CC[C@]4(C)C3C[C@H](O)[C@]12C. The first-order chi connectivity index (χ1) is 10.9. The summed E-state index contributed by atoms with van der Waals surface area (Å²) in [6.45, 7) is 6.99. The number of aliphatic hydroxyl groups is 2. The maximum absolute atomic E-state index is 11.1. The van der Waals surface area contributed by atoms with E-state index in [1.165, 1.54) is 31.3 Å². The summed E-state index contributed by atoms with van der Waals surface area (Å²) in [6.07, 6.45) is 11.2. The van der Waals surface area contributed by atoms with E-state index >= 15 is 0 Å². The van der Waals surface area contributed by atoms with E-state index < -0.39 is 0 Å². The summed E-state index contributed by atoms with van der Waals surface area (Å²) in [5.74, 6) is 2.80. The van der Waals surface area contributed by atoms with Crippen LogP contribution in [0.5, 0.6) is 0 Å². The van der Waals surface area contributed by atoms with Crippen LogP contribution in [-0.4, -0.2) is 22.4 Å². The van der Waals surface area contributed by atoms with Crippen molar-refractivity contribution >= 4 is 0 Å². The van der Waals surface area contributed by atoms with Crippen molar-refractivity contribution in [3.8, 4) is 0 Å². The number of hydrogen-bond donors (Lipinski definition) is 2. The third kappa shape index (κ3) is 2.07. The molecule has 0 radical (unpaired) electrons. The predicted molar refractivity (Wildman–Crippen MR) is 92.9 cm³/mol. The lowest BCUT2D eigenvalue weighted by atomic mass is 9.44. The number of hydrogen-bond acceptors (Lipinski definition) is 2. The van der Waals surface area contributed by atoms with Gasteiger partial charge < -0.3 is 10.2 Å². The van der Waals surface area contributed by atoms with Gasteiger partial charge in [-0.2, -0.15) is 0 Å². The Kier molecular flexibility index (Phi) is 3.74. The molecule has 0 heterocycles. The van der Waals surface area contributed by atoms with E-state index in [0.717, 1.165) is 31.6 Å². The van der Waals surface area contributed by atoms with Gasteiger partial charge in [0, 0.05) is 5.41 Å². The van der Waals surface area contributed by atoms with Crippen molar-refractivity contribution in [1.29, 1.82) is 0 Å². The molecular weight excluding hydrogens is 284 g/mol. The van der Waals surface area contributed by atoms with Crippen molar-refractivity contribution in [1.82, 2.24) is 0 Å². The molecule has 4 saturated carbocycles. The lowest BCUT2D eigenvalue weighted by Crippen LogP contribution is -2.57. The van der Waals surface area contributed by atoms with Gasteiger partial charge in [-0.3, -0.25) is 0 Å². The fraction of sp³-hybridized carbons (Fsp3) is 0.905. The highest BCUT2D eigenvalue weighted by Gasteiger charge is 2.61. The molecule has 0 spiro atoms. The topological polar surface area (TPSA) is 40.5 Å². The summed E-state index contributed by atoms with van der Waals surface area (Å²) in [5, 5.41) is 21.3. The van der Waals surface area contributed by atoms with E-state index in [9.17, 15) is 10.2 Å². The Hall–Kier alpha value is -0.340. The van der Waals surface area contributed by atoms with Gasteiger partial charge in [-0.15, -0.1) is 0 Å². The maximum Gasteiger partial charge on any atom is 0.0636 e. The molecule has 0 aliphatic heterocycles. The van der Waals surface area contributed by atoms with Gasteiger partial charge in [0.1, 0.15) is 0 Å². The van der Waals surface area contributed by atoms with Gasteiger partial charge in [0.2, 0.25) is 0 Å². The van der Waals surface area contributed by atoms with Crippen LogP contribution in [0.4, 0.5) is 0 Å². The highest BCUT2D eigenvalue weighted by atomic mass is 16.3. The molecule has 0 aromatic rings. The van der Waals surface area contributed by atoms with Crippen LogP contribution in [0.2, 0.25) is 0 Å². The molecule has 23 heavy (non-hydrogen) atoms. The molecule has 0 bridgehead atoms. The van der Waals surface area contributed by atoms with Crippen molar-refractivity contribution in [2.24, 2.45) is 34.5 Å². The number of fused-ring (bicyclic) bond motifs is 5. The zero-order valence-electron chi connectivity index (χ0n) is 15.1. The van der Waals surface area contributed by atoms with E-state index in [0.29, 0.717) is 23.2 Å². The fourth-order valence-electron chi connectivity index (χ4n) is 7.52. The minimum absolute atomic E-state index is 0.0350. The van der Waals surface area contributed by atoms with Gasteiger partial charge in [0.15, 0.2) is 0 Å². The van der Waals surface area contributed by atoms with E-state index in [1.54, 1.807) is 0 Å². The van der Waals surface area contributed by atoms with Crippen molar-refractivity contribution in [2.45, 2.75) is 84.3 Å². The van der Waals surface area contributed by atoms with Gasteiger partial charge in [0.25, 0.3) is 0 Å². The van der Waals surface area contributed by atoms with Crippen LogP contribution in [0.15, 0.2) is 11.6 Å². The van der Waals surface area contributed by atoms with E-state index in [2.05, 4.69) is 26.8 Å². The summed E-state index contributed by atoms with van der Waals surface area (Å²) < 4.78 is 0. The van der Waals surface area contributed by atoms with Crippen LogP contribution in [0.1, 0.15) is 72.1 Å².